The van der Waals surface area contributed by atoms with E-state index in [1.54, 1.807) is 13.0 Å². The highest BCUT2D eigenvalue weighted by atomic mass is 19.4. The van der Waals surface area contributed by atoms with Crippen molar-refractivity contribution in [2.24, 2.45) is 0 Å². The second-order valence-corrected chi connectivity index (χ2v) is 9.46. The summed E-state index contributed by atoms with van der Waals surface area (Å²) in [6.07, 6.45) is -16.0. The van der Waals surface area contributed by atoms with Crippen LogP contribution in [0.1, 0.15) is 58.6 Å². The van der Waals surface area contributed by atoms with Crippen LogP contribution in [0.3, 0.4) is 0 Å². The molecule has 0 N–H and O–H groups in total. The number of nitrogens with zero attached hydrogens (tertiary/aromatic N) is 1. The Morgan fingerprint density at radius 1 is 0.795 bits per heavy atom. The number of amides is 1. The molecule has 4 nitrogen and oxygen atoms in total. The van der Waals surface area contributed by atoms with E-state index >= 15 is 0 Å². The molecule has 0 bridgehead atoms. The predicted octanol–water partition coefficient (Wildman–Crippen LogP) is 8.71. The van der Waals surface area contributed by atoms with E-state index in [-0.39, 0.29) is 24.5 Å². The quantitative estimate of drug-likeness (QED) is 0.300. The number of rotatable bonds is 3. The Labute approximate surface area is 215 Å². The van der Waals surface area contributed by atoms with Gasteiger partial charge in [0.15, 0.2) is 0 Å². The number of ether oxygens (including phenoxy) is 1. The summed E-state index contributed by atoms with van der Waals surface area (Å²) in [7, 11) is 0. The van der Waals surface area contributed by atoms with Crippen molar-refractivity contribution in [3.05, 3.63) is 82.3 Å². The second kappa shape index (κ2) is 8.95. The first kappa shape index (κ1) is 26.9. The maximum Gasteiger partial charge on any atom is 0.416 e. The average Bonchev–Trinajstić information content (AvgIpc) is 3.53. The number of hydrogen-bond donors (Lipinski definition) is 0. The molecular formula is C26H18F9NO3. The Bertz CT molecular complexity index is 1390. The van der Waals surface area contributed by atoms with Gasteiger partial charge in [-0.2, -0.15) is 39.5 Å². The van der Waals surface area contributed by atoms with Crippen LogP contribution in [0.15, 0.2) is 53.1 Å². The molecule has 3 atom stereocenters. The van der Waals surface area contributed by atoms with Crippen LogP contribution < -0.4 is 0 Å². The van der Waals surface area contributed by atoms with Gasteiger partial charge < -0.3 is 9.15 Å². The van der Waals surface area contributed by atoms with Crippen LogP contribution in [0.4, 0.5) is 44.3 Å². The van der Waals surface area contributed by atoms with Gasteiger partial charge in [0.25, 0.3) is 0 Å². The molecule has 3 aromatic rings. The topological polar surface area (TPSA) is 42.7 Å². The van der Waals surface area contributed by atoms with E-state index in [1.807, 2.05) is 0 Å². The van der Waals surface area contributed by atoms with Crippen molar-refractivity contribution in [2.75, 3.05) is 0 Å². The second-order valence-electron chi connectivity index (χ2n) is 9.46. The molecular weight excluding hydrogens is 545 g/mol. The van der Waals surface area contributed by atoms with Gasteiger partial charge in [-0.05, 0) is 72.9 Å². The fourth-order valence-corrected chi connectivity index (χ4v) is 5.25. The van der Waals surface area contributed by atoms with Crippen LogP contribution in [0.5, 0.6) is 0 Å². The number of benzene rings is 2. The molecule has 39 heavy (non-hydrogen) atoms. The molecule has 2 fully saturated rings. The highest BCUT2D eigenvalue weighted by Gasteiger charge is 2.52. The molecule has 5 rings (SSSR count). The van der Waals surface area contributed by atoms with Gasteiger partial charge in [-0.25, -0.2) is 4.79 Å². The molecule has 1 amide bonds. The highest BCUT2D eigenvalue weighted by molar-refractivity contribution is 5.75. The largest absolute Gasteiger partial charge is 0.469 e. The fourth-order valence-electron chi connectivity index (χ4n) is 5.25. The van der Waals surface area contributed by atoms with E-state index in [9.17, 15) is 44.3 Å². The van der Waals surface area contributed by atoms with Gasteiger partial charge in [0.1, 0.15) is 11.9 Å². The third-order valence-electron chi connectivity index (χ3n) is 6.93. The number of alkyl halides is 9. The van der Waals surface area contributed by atoms with Crippen LogP contribution in [0.25, 0.3) is 11.1 Å². The Balaban J connectivity index is 1.57. The number of aryl methyl sites for hydroxylation is 1. The van der Waals surface area contributed by atoms with Crippen molar-refractivity contribution in [1.29, 1.82) is 0 Å². The Morgan fingerprint density at radius 3 is 1.95 bits per heavy atom. The summed E-state index contributed by atoms with van der Waals surface area (Å²) in [5, 5.41) is 0. The number of carbonyl (C=O) groups is 1. The van der Waals surface area contributed by atoms with Crippen molar-refractivity contribution in [3.8, 4) is 11.1 Å². The molecule has 2 aliphatic heterocycles. The minimum absolute atomic E-state index is 0.0304. The zero-order valence-electron chi connectivity index (χ0n) is 19.8. The van der Waals surface area contributed by atoms with Gasteiger partial charge in [-0.15, -0.1) is 0 Å². The zero-order chi connectivity index (χ0) is 28.5. The standard InChI is InChI=1S/C26H18F9NO3/c1-12-6-14(11-38-12)18-3-2-15(24(27,28)29)10-19(18)20-4-5-21-22(39-23(37)36(20)21)13-7-16(25(30,31)32)9-17(8-13)26(33,34)35/h2-3,6-11,20-22H,4-5H2,1H3/t20-,21-,22+/m0/s1. The Morgan fingerprint density at radius 2 is 1.41 bits per heavy atom. The van der Waals surface area contributed by atoms with E-state index in [2.05, 4.69) is 0 Å². The molecule has 1 aromatic heterocycles. The fraction of sp³-hybridized carbons (Fsp3) is 0.346. The predicted molar refractivity (Wildman–Crippen MR) is 117 cm³/mol. The molecule has 0 aliphatic carbocycles. The van der Waals surface area contributed by atoms with Crippen molar-refractivity contribution < 1.29 is 53.5 Å². The lowest BCUT2D eigenvalue weighted by molar-refractivity contribution is -0.143. The monoisotopic (exact) mass is 563 g/mol. The number of hydrogen-bond acceptors (Lipinski definition) is 3. The van der Waals surface area contributed by atoms with E-state index in [1.165, 1.54) is 12.3 Å². The lowest BCUT2D eigenvalue weighted by atomic mass is 9.92. The Hall–Kier alpha value is -3.64. The van der Waals surface area contributed by atoms with Crippen LogP contribution in [0, 0.1) is 6.92 Å². The van der Waals surface area contributed by atoms with Crippen molar-refractivity contribution in [2.45, 2.75) is 56.5 Å². The molecule has 2 saturated heterocycles. The number of cyclic esters (lactones) is 1. The van der Waals surface area contributed by atoms with Crippen LogP contribution in [-0.2, 0) is 23.3 Å². The normalized spacial score (nSPS) is 21.8. The third-order valence-corrected chi connectivity index (χ3v) is 6.93. The summed E-state index contributed by atoms with van der Waals surface area (Å²) in [6, 6.07) is 3.56. The van der Waals surface area contributed by atoms with Crippen LogP contribution >= 0.6 is 0 Å². The lowest BCUT2D eigenvalue weighted by Gasteiger charge is -2.25. The van der Waals surface area contributed by atoms with Crippen molar-refractivity contribution in [3.63, 3.8) is 0 Å². The van der Waals surface area contributed by atoms with Gasteiger partial charge in [-0.1, -0.05) is 6.07 Å². The van der Waals surface area contributed by atoms with E-state index < -0.39 is 65.1 Å². The molecule has 0 spiro atoms. The summed E-state index contributed by atoms with van der Waals surface area (Å²) in [5.41, 5.74) is -3.74. The molecule has 2 aromatic carbocycles. The Kier molecular flexibility index (Phi) is 6.18. The zero-order valence-corrected chi connectivity index (χ0v) is 19.8. The molecule has 2 aliphatic rings. The van der Waals surface area contributed by atoms with Gasteiger partial charge in [0.05, 0.1) is 35.0 Å². The molecule has 3 heterocycles. The summed E-state index contributed by atoms with van der Waals surface area (Å²) in [4.78, 5) is 14.0. The van der Waals surface area contributed by atoms with Crippen LogP contribution in [0.2, 0.25) is 0 Å². The van der Waals surface area contributed by atoms with Gasteiger partial charge in [-0.3, -0.25) is 4.90 Å². The summed E-state index contributed by atoms with van der Waals surface area (Å²) >= 11 is 0. The first-order valence-electron chi connectivity index (χ1n) is 11.6. The van der Waals surface area contributed by atoms with Gasteiger partial charge in [0, 0.05) is 5.56 Å². The van der Waals surface area contributed by atoms with E-state index in [4.69, 9.17) is 9.15 Å². The minimum atomic E-state index is -5.10. The van der Waals surface area contributed by atoms with Gasteiger partial charge in [0.2, 0.25) is 0 Å². The highest BCUT2D eigenvalue weighted by Crippen LogP contribution is 2.51. The summed E-state index contributed by atoms with van der Waals surface area (Å²) < 4.78 is 132. The maximum absolute atomic E-state index is 13.6. The van der Waals surface area contributed by atoms with Crippen molar-refractivity contribution >= 4 is 6.09 Å². The van der Waals surface area contributed by atoms with Crippen LogP contribution in [-0.4, -0.2) is 17.0 Å². The lowest BCUT2D eigenvalue weighted by Crippen LogP contribution is -2.31. The van der Waals surface area contributed by atoms with Crippen molar-refractivity contribution in [1.82, 2.24) is 4.90 Å². The smallest absolute Gasteiger partial charge is 0.416 e. The number of carbonyl (C=O) groups excluding carboxylic acids is 1. The van der Waals surface area contributed by atoms with E-state index in [0.717, 1.165) is 17.0 Å². The number of halogens is 9. The maximum atomic E-state index is 13.6. The SMILES string of the molecule is Cc1cc(-c2ccc(C(F)(F)F)cc2[C@@H]2CC[C@H]3[C@@H](c4cc(C(F)(F)F)cc(C(F)(F)F)c4)OC(=O)N23)co1. The first-order valence-corrected chi connectivity index (χ1v) is 11.6. The summed E-state index contributed by atoms with van der Waals surface area (Å²) in [6.45, 7) is 1.63. The first-order chi connectivity index (χ1) is 18.0. The third kappa shape index (κ3) is 4.94. The summed E-state index contributed by atoms with van der Waals surface area (Å²) in [5.74, 6) is 0.478. The molecule has 13 heteroatoms. The number of furan rings is 1. The molecule has 208 valence electrons. The number of fused-ring (bicyclic) bond motifs is 1. The average molecular weight is 563 g/mol. The molecule has 0 unspecified atom stereocenters. The van der Waals surface area contributed by atoms with E-state index in [0.29, 0.717) is 29.0 Å². The van der Waals surface area contributed by atoms with Gasteiger partial charge >= 0.3 is 24.6 Å². The molecule has 0 radical (unpaired) electrons. The minimum Gasteiger partial charge on any atom is -0.469 e. The molecule has 0 saturated carbocycles.